The largest absolute Gasteiger partial charge is 0.292 e. The summed E-state index contributed by atoms with van der Waals surface area (Å²) in [4.78, 5) is 41.5. The highest BCUT2D eigenvalue weighted by atomic mass is 15.1. The Balaban J connectivity index is 0.000000111. The summed E-state index contributed by atoms with van der Waals surface area (Å²) in [6, 6.07) is 190. The minimum absolute atomic E-state index is 0.611. The van der Waals surface area contributed by atoms with Crippen LogP contribution in [-0.2, 0) is 0 Å². The highest BCUT2D eigenvalue weighted by Crippen LogP contribution is 2.44. The Morgan fingerprint density at radius 1 is 0.128 bits per heavy atom. The molecule has 0 saturated heterocycles. The normalized spacial score (nSPS) is 11.5. The van der Waals surface area contributed by atoms with Crippen LogP contribution in [0.15, 0.2) is 540 Å². The molecule has 0 unspecified atom stereocenters. The number of para-hydroxylation sites is 6. The van der Waals surface area contributed by atoms with E-state index in [-0.39, 0.29) is 0 Å². The molecule has 0 atom stereocenters. The van der Waals surface area contributed by atoms with E-state index in [1.807, 2.05) is 30.3 Å². The molecule has 0 N–H and O–H groups in total. The minimum atomic E-state index is 0.611. The van der Waals surface area contributed by atoms with Crippen LogP contribution in [0.3, 0.4) is 0 Å². The standard InChI is InChI=1S/C50H31N5.C48H31N3.C40H27N3/c1-2-14-33(15-3-1)50-51-45-24-12-13-25-46(45)55(50)36-28-26-32(27-29-36)47-52-48(43-30-34-16-4-6-18-37(34)39-20-8-10-22-41(39)43)54-49(53-47)44-31-35-17-5-7-19-38(35)40-21-9-11-23-42(40)44;1-4-12-36-27-39(20-17-32(36)9-1)42-30-45(49-46(31-42)40-21-18-33-10-2-5-13-37(33)28-40)35-23-25-43(26-24-35)51-47-16-8-7-15-44(47)50-48(51)41-22-19-34-11-3-6-14-38(34)29-41;1-3-11-28(12-4-1)34-26-37(30-14-5-2-6-15-30)41-38(27-34)31-21-23-35(24-22-31)43-39-18-10-9-17-36(39)42-40(43)33-20-19-29-13-7-8-16-32(29)25-33/h1-31H;1-31H;1-27H. The summed E-state index contributed by atoms with van der Waals surface area (Å²) < 4.78 is 6.75. The van der Waals surface area contributed by atoms with Gasteiger partial charge < -0.3 is 0 Å². The SMILES string of the molecule is c1ccc(-c2cc(-c3ccccc3)nc(-c3ccc(-n4c(-c5ccc6ccccc6c5)nc5ccccc54)cc3)c2)cc1.c1ccc(-c2nc3ccccc3n2-c2ccc(-c3nc(-c4cc5ccccc5c5ccccc45)nc(-c4cc5ccccc5c5ccccc45)n3)cc2)cc1.c1ccc2cc(-c3cc(-c4ccc(-n5c(-c6ccc7ccccc7c6)nc6ccccc65)cc4)nc(-c4ccc5ccccc5c4)c3)ccc2c1. The molecular weight excluding hydrogens is 1810 g/mol. The molecule has 11 nitrogen and oxygen atoms in total. The summed E-state index contributed by atoms with van der Waals surface area (Å²) in [7, 11) is 0. The first-order valence-electron chi connectivity index (χ1n) is 50.3. The van der Waals surface area contributed by atoms with Crippen LogP contribution in [0.25, 0.3) is 272 Å². The monoisotopic (exact) mass is 1900 g/mol. The molecule has 0 aliphatic heterocycles. The Morgan fingerprint density at radius 3 is 0.792 bits per heavy atom. The van der Waals surface area contributed by atoms with Crippen molar-refractivity contribution in [2.75, 3.05) is 0 Å². The highest BCUT2D eigenvalue weighted by Gasteiger charge is 2.25. The number of hydrogen-bond acceptors (Lipinski definition) is 8. The maximum Gasteiger partial charge on any atom is 0.164 e. The molecule has 0 bridgehead atoms. The third-order valence-electron chi connectivity index (χ3n) is 28.6. The third-order valence-corrected chi connectivity index (χ3v) is 28.6. The average molecular weight is 1900 g/mol. The van der Waals surface area contributed by atoms with Crippen LogP contribution in [0.5, 0.6) is 0 Å². The summed E-state index contributed by atoms with van der Waals surface area (Å²) in [6.07, 6.45) is 0. The van der Waals surface area contributed by atoms with E-state index in [2.05, 4.69) is 523 Å². The molecule has 0 fully saturated rings. The molecule has 0 aliphatic rings. The smallest absolute Gasteiger partial charge is 0.164 e. The topological polar surface area (TPSA) is 118 Å². The van der Waals surface area contributed by atoms with Crippen molar-refractivity contribution in [3.05, 3.63) is 540 Å². The first-order valence-corrected chi connectivity index (χ1v) is 50.3. The minimum Gasteiger partial charge on any atom is -0.292 e. The molecule has 11 heteroatoms. The molecule has 0 aliphatic carbocycles. The number of benzene rings is 23. The summed E-state index contributed by atoms with van der Waals surface area (Å²) >= 11 is 0. The zero-order valence-corrected chi connectivity index (χ0v) is 80.8. The number of hydrogen-bond donors (Lipinski definition) is 0. The van der Waals surface area contributed by atoms with Gasteiger partial charge in [-0.3, -0.25) is 13.7 Å². The van der Waals surface area contributed by atoms with Gasteiger partial charge in [-0.2, -0.15) is 0 Å². The Morgan fingerprint density at radius 2 is 0.389 bits per heavy atom. The van der Waals surface area contributed by atoms with Crippen LogP contribution in [0, 0.1) is 0 Å². The second-order valence-electron chi connectivity index (χ2n) is 37.7. The van der Waals surface area contributed by atoms with Crippen molar-refractivity contribution in [1.82, 2.24) is 53.6 Å². The average Bonchev–Trinajstić information content (AvgIpc) is 1.65. The van der Waals surface area contributed by atoms with Crippen molar-refractivity contribution < 1.29 is 0 Å². The molecule has 6 aromatic heterocycles. The van der Waals surface area contributed by atoms with E-state index in [0.29, 0.717) is 17.5 Å². The Labute approximate surface area is 859 Å². The number of imidazole rings is 3. The molecule has 0 radical (unpaired) electrons. The van der Waals surface area contributed by atoms with E-state index < -0.39 is 0 Å². The van der Waals surface area contributed by atoms with Crippen molar-refractivity contribution in [2.45, 2.75) is 0 Å². The lowest BCUT2D eigenvalue weighted by molar-refractivity contribution is 1.07. The Hall–Kier alpha value is -20.1. The second-order valence-corrected chi connectivity index (χ2v) is 37.7. The molecule has 29 rings (SSSR count). The van der Waals surface area contributed by atoms with Gasteiger partial charge in [0, 0.05) is 72.7 Å². The van der Waals surface area contributed by atoms with Crippen molar-refractivity contribution in [3.63, 3.8) is 0 Å². The van der Waals surface area contributed by atoms with Gasteiger partial charge in [-0.05, 0) is 254 Å². The summed E-state index contributed by atoms with van der Waals surface area (Å²) in [5.74, 6) is 4.62. The van der Waals surface area contributed by atoms with Gasteiger partial charge in [-0.25, -0.2) is 39.9 Å². The van der Waals surface area contributed by atoms with Crippen molar-refractivity contribution >= 4 is 119 Å². The molecule has 0 saturated carbocycles. The van der Waals surface area contributed by atoms with Crippen LogP contribution >= 0.6 is 0 Å². The van der Waals surface area contributed by atoms with Crippen molar-refractivity contribution in [3.8, 4) is 153 Å². The van der Waals surface area contributed by atoms with Gasteiger partial charge in [0.25, 0.3) is 0 Å². The summed E-state index contributed by atoms with van der Waals surface area (Å²) in [5.41, 5.74) is 28.0. The predicted molar refractivity (Wildman–Crippen MR) is 617 cm³/mol. The van der Waals surface area contributed by atoms with Gasteiger partial charge in [0.05, 0.1) is 55.9 Å². The van der Waals surface area contributed by atoms with Crippen molar-refractivity contribution in [1.29, 1.82) is 0 Å². The van der Waals surface area contributed by atoms with Gasteiger partial charge >= 0.3 is 0 Å². The van der Waals surface area contributed by atoms with E-state index >= 15 is 0 Å². The molecule has 6 heterocycles. The summed E-state index contributed by atoms with van der Waals surface area (Å²) in [6.45, 7) is 0. The Kier molecular flexibility index (Phi) is 22.4. The van der Waals surface area contributed by atoms with E-state index in [1.165, 1.54) is 75.8 Å². The lowest BCUT2D eigenvalue weighted by Gasteiger charge is -2.14. The maximum absolute atomic E-state index is 5.32. The second kappa shape index (κ2) is 37.9. The van der Waals surface area contributed by atoms with Gasteiger partial charge in [-0.15, -0.1) is 0 Å². The molecule has 29 aromatic rings. The Bertz CT molecular complexity index is 9930. The van der Waals surface area contributed by atoms with E-state index in [1.54, 1.807) is 0 Å². The molecule has 149 heavy (non-hydrogen) atoms. The summed E-state index contributed by atoms with van der Waals surface area (Å²) in [5, 5.41) is 18.9. The lowest BCUT2D eigenvalue weighted by atomic mass is 9.96. The van der Waals surface area contributed by atoms with Crippen LogP contribution in [0.1, 0.15) is 0 Å². The molecule has 0 spiro atoms. The van der Waals surface area contributed by atoms with Gasteiger partial charge in [-0.1, -0.05) is 394 Å². The number of fused-ring (bicyclic) bond motifs is 13. The highest BCUT2D eigenvalue weighted by molar-refractivity contribution is 6.15. The number of pyridine rings is 2. The molecule has 696 valence electrons. The van der Waals surface area contributed by atoms with Gasteiger partial charge in [0.2, 0.25) is 0 Å². The number of nitrogens with zero attached hydrogens (tertiary/aromatic N) is 11. The predicted octanol–water partition coefficient (Wildman–Crippen LogP) is 35.3. The van der Waals surface area contributed by atoms with Gasteiger partial charge in [0.15, 0.2) is 17.5 Å². The van der Waals surface area contributed by atoms with Crippen molar-refractivity contribution in [2.24, 2.45) is 0 Å². The van der Waals surface area contributed by atoms with Crippen LogP contribution in [-0.4, -0.2) is 53.6 Å². The zero-order valence-electron chi connectivity index (χ0n) is 80.8. The first-order chi connectivity index (χ1) is 73.8. The number of rotatable bonds is 15. The van der Waals surface area contributed by atoms with Gasteiger partial charge in [0.1, 0.15) is 17.5 Å². The molecule has 0 amide bonds. The number of aromatic nitrogens is 11. The molecular formula is C138H89N11. The first kappa shape index (κ1) is 87.8. The fourth-order valence-corrected chi connectivity index (χ4v) is 21.2. The third kappa shape index (κ3) is 16.8. The fraction of sp³-hybridized carbons (Fsp3) is 0. The molecule has 23 aromatic carbocycles. The van der Waals surface area contributed by atoms with Crippen LogP contribution in [0.2, 0.25) is 0 Å². The van der Waals surface area contributed by atoms with E-state index in [4.69, 9.17) is 39.9 Å². The maximum atomic E-state index is 5.32. The van der Waals surface area contributed by atoms with E-state index in [0.717, 1.165) is 179 Å². The zero-order chi connectivity index (χ0) is 98.6. The quantitative estimate of drug-likeness (QED) is 0.0932. The van der Waals surface area contributed by atoms with E-state index in [9.17, 15) is 0 Å². The van der Waals surface area contributed by atoms with Crippen LogP contribution < -0.4 is 0 Å². The fourth-order valence-electron chi connectivity index (χ4n) is 21.2. The van der Waals surface area contributed by atoms with Crippen LogP contribution in [0.4, 0.5) is 0 Å². The lowest BCUT2D eigenvalue weighted by Crippen LogP contribution is -2.02.